The highest BCUT2D eigenvalue weighted by Gasteiger charge is 2.04. The van der Waals surface area contributed by atoms with Crippen molar-refractivity contribution in [2.24, 2.45) is 0 Å². The number of hydrogen-bond acceptors (Lipinski definition) is 4. The van der Waals surface area contributed by atoms with Gasteiger partial charge in [0, 0.05) is 26.0 Å². The third kappa shape index (κ3) is 4.36. The van der Waals surface area contributed by atoms with Gasteiger partial charge in [0.1, 0.15) is 0 Å². The van der Waals surface area contributed by atoms with Gasteiger partial charge in [0.25, 0.3) is 0 Å². The van der Waals surface area contributed by atoms with Crippen LogP contribution in [0.25, 0.3) is 23.3 Å². The fourth-order valence-electron chi connectivity index (χ4n) is 2.13. The van der Waals surface area contributed by atoms with Crippen molar-refractivity contribution in [1.29, 1.82) is 0 Å². The predicted molar refractivity (Wildman–Crippen MR) is 93.2 cm³/mol. The Hall–Kier alpha value is -3.28. The highest BCUT2D eigenvalue weighted by molar-refractivity contribution is 5.67. The molecule has 0 fully saturated rings. The molecule has 122 valence electrons. The van der Waals surface area contributed by atoms with Crippen LogP contribution >= 0.6 is 0 Å². The summed E-state index contributed by atoms with van der Waals surface area (Å²) in [4.78, 5) is 20.4. The SMILES string of the molecule is C/C(=C\c1ccc(-c2ccc(/C=C(\C)[N+](=O)[O-])cc2)cc1)[N+](=O)[O-]. The minimum atomic E-state index is -0.424. The van der Waals surface area contributed by atoms with Gasteiger partial charge in [-0.1, -0.05) is 48.5 Å². The van der Waals surface area contributed by atoms with E-state index in [1.807, 2.05) is 48.5 Å². The number of benzene rings is 2. The zero-order valence-corrected chi connectivity index (χ0v) is 13.3. The van der Waals surface area contributed by atoms with Crippen LogP contribution < -0.4 is 0 Å². The standard InChI is InChI=1S/C18H16N2O4/c1-13(19(21)22)11-15-3-7-17(8-4-15)18-9-5-16(6-10-18)12-14(2)20(23)24/h3-12H,1-2H3/b13-11+,14-12+. The molecule has 2 aromatic rings. The third-order valence-electron chi connectivity index (χ3n) is 3.48. The first kappa shape index (κ1) is 17.1. The summed E-state index contributed by atoms with van der Waals surface area (Å²) in [5.74, 6) is 0. The summed E-state index contributed by atoms with van der Waals surface area (Å²) in [6.07, 6.45) is 3.02. The van der Waals surface area contributed by atoms with Crippen LogP contribution in [0.15, 0.2) is 59.9 Å². The Morgan fingerprint density at radius 1 is 0.708 bits per heavy atom. The van der Waals surface area contributed by atoms with Gasteiger partial charge in [0.05, 0.1) is 9.85 Å². The number of hydrogen-bond donors (Lipinski definition) is 0. The minimum absolute atomic E-state index is 0.0834. The summed E-state index contributed by atoms with van der Waals surface area (Å²) in [6.45, 7) is 2.90. The second-order valence-electron chi connectivity index (χ2n) is 5.33. The van der Waals surface area contributed by atoms with Crippen LogP contribution in [0.3, 0.4) is 0 Å². The van der Waals surface area contributed by atoms with E-state index in [-0.39, 0.29) is 11.4 Å². The molecule has 0 saturated heterocycles. The summed E-state index contributed by atoms with van der Waals surface area (Å²) >= 11 is 0. The monoisotopic (exact) mass is 324 g/mol. The second-order valence-corrected chi connectivity index (χ2v) is 5.33. The Morgan fingerprint density at radius 2 is 1.00 bits per heavy atom. The zero-order valence-electron chi connectivity index (χ0n) is 13.3. The number of nitrogens with zero attached hydrogens (tertiary/aromatic N) is 2. The van der Waals surface area contributed by atoms with Crippen molar-refractivity contribution in [3.63, 3.8) is 0 Å². The molecular weight excluding hydrogens is 308 g/mol. The molecule has 0 aliphatic carbocycles. The van der Waals surface area contributed by atoms with Crippen molar-refractivity contribution in [2.45, 2.75) is 13.8 Å². The fourth-order valence-corrected chi connectivity index (χ4v) is 2.13. The van der Waals surface area contributed by atoms with Crippen molar-refractivity contribution >= 4 is 12.2 Å². The molecule has 0 aliphatic heterocycles. The van der Waals surface area contributed by atoms with Gasteiger partial charge in [0.2, 0.25) is 11.4 Å². The second kappa shape index (κ2) is 7.32. The Balaban J connectivity index is 2.21. The first-order valence-electron chi connectivity index (χ1n) is 7.22. The van der Waals surface area contributed by atoms with E-state index in [0.717, 1.165) is 22.3 Å². The smallest absolute Gasteiger partial charge is 0.243 e. The van der Waals surface area contributed by atoms with E-state index in [0.29, 0.717) is 0 Å². The number of rotatable bonds is 5. The Morgan fingerprint density at radius 3 is 1.25 bits per heavy atom. The fraction of sp³-hybridized carbons (Fsp3) is 0.111. The summed E-state index contributed by atoms with van der Waals surface area (Å²) < 4.78 is 0. The minimum Gasteiger partial charge on any atom is -0.259 e. The van der Waals surface area contributed by atoms with Gasteiger partial charge in [-0.3, -0.25) is 20.2 Å². The molecule has 0 N–H and O–H groups in total. The van der Waals surface area contributed by atoms with Crippen LogP contribution in [-0.2, 0) is 0 Å². The van der Waals surface area contributed by atoms with Crippen molar-refractivity contribution in [3.05, 3.63) is 91.3 Å². The lowest BCUT2D eigenvalue weighted by Gasteiger charge is -2.03. The predicted octanol–water partition coefficient (Wildman–Crippen LogP) is 4.63. The van der Waals surface area contributed by atoms with E-state index < -0.39 is 9.85 Å². The Kier molecular flexibility index (Phi) is 5.21. The van der Waals surface area contributed by atoms with Gasteiger partial charge in [-0.05, 0) is 22.3 Å². The molecule has 0 spiro atoms. The average Bonchev–Trinajstić information content (AvgIpc) is 2.56. The number of nitro groups is 2. The molecule has 0 amide bonds. The van der Waals surface area contributed by atoms with Gasteiger partial charge in [-0.2, -0.15) is 0 Å². The van der Waals surface area contributed by atoms with Gasteiger partial charge in [0.15, 0.2) is 0 Å². The first-order valence-corrected chi connectivity index (χ1v) is 7.22. The maximum atomic E-state index is 10.6. The molecule has 2 aromatic carbocycles. The van der Waals surface area contributed by atoms with Crippen molar-refractivity contribution in [1.82, 2.24) is 0 Å². The lowest BCUT2D eigenvalue weighted by atomic mass is 10.0. The molecule has 0 radical (unpaired) electrons. The van der Waals surface area contributed by atoms with Crippen molar-refractivity contribution < 1.29 is 9.85 Å². The van der Waals surface area contributed by atoms with Crippen molar-refractivity contribution in [3.8, 4) is 11.1 Å². The van der Waals surface area contributed by atoms with Crippen LogP contribution in [0.2, 0.25) is 0 Å². The molecule has 0 unspecified atom stereocenters. The Bertz CT molecular complexity index is 748. The quantitative estimate of drug-likeness (QED) is 0.592. The molecule has 0 aromatic heterocycles. The van der Waals surface area contributed by atoms with E-state index in [1.165, 1.54) is 26.0 Å². The van der Waals surface area contributed by atoms with E-state index in [2.05, 4.69) is 0 Å². The molecular formula is C18H16N2O4. The number of allylic oxidation sites excluding steroid dienone is 2. The third-order valence-corrected chi connectivity index (χ3v) is 3.48. The first-order chi connectivity index (χ1) is 11.4. The molecule has 0 bridgehead atoms. The van der Waals surface area contributed by atoms with Crippen LogP contribution in [-0.4, -0.2) is 9.85 Å². The average molecular weight is 324 g/mol. The van der Waals surface area contributed by atoms with Gasteiger partial charge in [-0.15, -0.1) is 0 Å². The lowest BCUT2D eigenvalue weighted by molar-refractivity contribution is -0.422. The highest BCUT2D eigenvalue weighted by atomic mass is 16.6. The zero-order chi connectivity index (χ0) is 17.7. The molecule has 0 heterocycles. The lowest BCUT2D eigenvalue weighted by Crippen LogP contribution is -1.93. The van der Waals surface area contributed by atoms with Gasteiger partial charge in [-0.25, -0.2) is 0 Å². The topological polar surface area (TPSA) is 86.3 Å². The summed E-state index contributed by atoms with van der Waals surface area (Å²) in [6, 6.07) is 14.8. The molecule has 0 saturated carbocycles. The Labute approximate surface area is 139 Å². The van der Waals surface area contributed by atoms with Crippen molar-refractivity contribution in [2.75, 3.05) is 0 Å². The van der Waals surface area contributed by atoms with Crippen LogP contribution in [0.5, 0.6) is 0 Å². The summed E-state index contributed by atoms with van der Waals surface area (Å²) in [5.41, 5.74) is 3.61. The molecule has 2 rings (SSSR count). The van der Waals surface area contributed by atoms with Gasteiger partial charge < -0.3 is 0 Å². The maximum absolute atomic E-state index is 10.6. The van der Waals surface area contributed by atoms with Crippen LogP contribution in [0.4, 0.5) is 0 Å². The molecule has 6 heteroatoms. The van der Waals surface area contributed by atoms with E-state index >= 15 is 0 Å². The molecule has 0 aliphatic rings. The van der Waals surface area contributed by atoms with Crippen LogP contribution in [0, 0.1) is 20.2 Å². The normalized spacial score (nSPS) is 12.1. The van der Waals surface area contributed by atoms with E-state index in [1.54, 1.807) is 0 Å². The van der Waals surface area contributed by atoms with Gasteiger partial charge >= 0.3 is 0 Å². The maximum Gasteiger partial charge on any atom is 0.243 e. The summed E-state index contributed by atoms with van der Waals surface area (Å²) in [7, 11) is 0. The largest absolute Gasteiger partial charge is 0.259 e. The molecule has 0 atom stereocenters. The molecule has 6 nitrogen and oxygen atoms in total. The molecule has 24 heavy (non-hydrogen) atoms. The van der Waals surface area contributed by atoms with Crippen LogP contribution in [0.1, 0.15) is 25.0 Å². The van der Waals surface area contributed by atoms with E-state index in [9.17, 15) is 20.2 Å². The van der Waals surface area contributed by atoms with E-state index in [4.69, 9.17) is 0 Å². The highest BCUT2D eigenvalue weighted by Crippen LogP contribution is 2.22. The summed E-state index contributed by atoms with van der Waals surface area (Å²) in [5, 5.41) is 21.3.